The van der Waals surface area contributed by atoms with Crippen molar-refractivity contribution in [3.63, 3.8) is 0 Å². The van der Waals surface area contributed by atoms with Crippen molar-refractivity contribution in [1.82, 2.24) is 4.72 Å². The largest absolute Gasteiger partial charge is 0.322 e. The molecule has 4 aromatic carbocycles. The van der Waals surface area contributed by atoms with Crippen molar-refractivity contribution in [2.45, 2.75) is 30.8 Å². The van der Waals surface area contributed by atoms with Crippen LogP contribution in [-0.2, 0) is 29.5 Å². The van der Waals surface area contributed by atoms with E-state index in [4.69, 9.17) is 5.73 Å². The zero-order valence-corrected chi connectivity index (χ0v) is 21.8. The summed E-state index contributed by atoms with van der Waals surface area (Å²) in [5, 5.41) is 0. The Morgan fingerprint density at radius 3 is 1.47 bits per heavy atom. The fourth-order valence-electron chi connectivity index (χ4n) is 3.58. The maximum absolute atomic E-state index is 13.1. The van der Waals surface area contributed by atoms with Gasteiger partial charge in [-0.15, -0.1) is 0 Å². The minimum Gasteiger partial charge on any atom is -0.322 e. The van der Waals surface area contributed by atoms with Gasteiger partial charge in [-0.1, -0.05) is 103 Å². The monoisotopic (exact) mass is 560 g/mol. The molecule has 4 rings (SSSR count). The van der Waals surface area contributed by atoms with Crippen LogP contribution >= 0.6 is 0 Å². The maximum atomic E-state index is 13.1. The first-order valence-electron chi connectivity index (χ1n) is 10.8. The minimum atomic E-state index is -3.74. The quantitative estimate of drug-likeness (QED) is 0.298. The van der Waals surface area contributed by atoms with E-state index in [-0.39, 0.29) is 24.4 Å². The molecule has 4 aromatic rings. The molecule has 0 saturated heterocycles. The van der Waals surface area contributed by atoms with Crippen molar-refractivity contribution in [3.8, 4) is 0 Å². The van der Waals surface area contributed by atoms with Crippen LogP contribution in [0.1, 0.15) is 34.3 Å². The van der Waals surface area contributed by atoms with Gasteiger partial charge in [0.25, 0.3) is 0 Å². The Balaban J connectivity index is 0.000000508. The van der Waals surface area contributed by atoms with E-state index in [0.717, 1.165) is 22.3 Å². The second kappa shape index (κ2) is 13.3. The fraction of sp³-hybridized carbons (Fsp3) is 0.143. The predicted octanol–water partition coefficient (Wildman–Crippen LogP) is 5.71. The third kappa shape index (κ3) is 8.00. The standard InChI is InChI=1S/C22H24N2O2S.C6H6.Ru/c1-16-13-17(2)15-20(14-16)27(25,26)24-22(19-11-7-4-8-12-19)21(23)18-9-5-3-6-10-18;1-2-4-6-5-3-1;/h3-15,21-22,24H,23H2,1-2H3;1-6H;/t21-,22-;;/m1../s1. The van der Waals surface area contributed by atoms with Crippen molar-refractivity contribution < 1.29 is 27.9 Å². The van der Waals surface area contributed by atoms with E-state index in [9.17, 15) is 8.42 Å². The molecule has 2 atom stereocenters. The van der Waals surface area contributed by atoms with Crippen molar-refractivity contribution in [3.05, 3.63) is 138 Å². The van der Waals surface area contributed by atoms with Gasteiger partial charge in [-0.05, 0) is 48.2 Å². The van der Waals surface area contributed by atoms with Crippen LogP contribution in [0.3, 0.4) is 0 Å². The molecule has 0 bridgehead atoms. The van der Waals surface area contributed by atoms with Gasteiger partial charge in [0.05, 0.1) is 17.0 Å². The number of benzene rings is 4. The molecule has 0 spiro atoms. The van der Waals surface area contributed by atoms with Crippen LogP contribution in [0.2, 0.25) is 0 Å². The van der Waals surface area contributed by atoms with Crippen molar-refractivity contribution in [1.29, 1.82) is 0 Å². The molecule has 0 aliphatic rings. The van der Waals surface area contributed by atoms with E-state index in [0.29, 0.717) is 0 Å². The molecule has 0 unspecified atom stereocenters. The van der Waals surface area contributed by atoms with E-state index in [1.54, 1.807) is 12.1 Å². The third-order valence-electron chi connectivity index (χ3n) is 5.16. The van der Waals surface area contributed by atoms with E-state index < -0.39 is 22.1 Å². The van der Waals surface area contributed by atoms with Gasteiger partial charge >= 0.3 is 0 Å². The Kier molecular flexibility index (Phi) is 10.8. The van der Waals surface area contributed by atoms with Crippen molar-refractivity contribution in [2.75, 3.05) is 0 Å². The number of nitrogens with two attached hydrogens (primary N) is 1. The number of rotatable bonds is 6. The van der Waals surface area contributed by atoms with Crippen molar-refractivity contribution in [2.24, 2.45) is 5.73 Å². The summed E-state index contributed by atoms with van der Waals surface area (Å²) in [5.41, 5.74) is 9.98. The average Bonchev–Trinajstić information content (AvgIpc) is 2.84. The SMILES string of the molecule is Cc1cc(C)cc(S(=O)(=O)N[C@H](c2ccccc2)[C@H](N)c2ccccc2)c1.[Ru].c1ccccc1. The van der Waals surface area contributed by atoms with Crippen LogP contribution in [0.5, 0.6) is 0 Å². The molecule has 6 heteroatoms. The van der Waals surface area contributed by atoms with Gasteiger partial charge in [0.1, 0.15) is 0 Å². The van der Waals surface area contributed by atoms with Crippen LogP contribution in [0, 0.1) is 13.8 Å². The zero-order valence-electron chi connectivity index (χ0n) is 19.3. The molecule has 4 nitrogen and oxygen atoms in total. The van der Waals surface area contributed by atoms with E-state index >= 15 is 0 Å². The molecule has 0 saturated carbocycles. The third-order valence-corrected chi connectivity index (χ3v) is 6.58. The number of sulfonamides is 1. The van der Waals surface area contributed by atoms with E-state index in [2.05, 4.69) is 4.72 Å². The van der Waals surface area contributed by atoms with Crippen LogP contribution in [0.15, 0.2) is 120 Å². The molecule has 0 aromatic heterocycles. The van der Waals surface area contributed by atoms with Gasteiger partial charge in [0.15, 0.2) is 0 Å². The fourth-order valence-corrected chi connectivity index (χ4v) is 5.02. The minimum absolute atomic E-state index is 0. The second-order valence-corrected chi connectivity index (χ2v) is 9.64. The Bertz CT molecular complexity index is 1190. The van der Waals surface area contributed by atoms with Gasteiger partial charge in [-0.25, -0.2) is 13.1 Å². The van der Waals surface area contributed by atoms with Crippen molar-refractivity contribution >= 4 is 10.0 Å². The van der Waals surface area contributed by atoms with Gasteiger partial charge < -0.3 is 5.73 Å². The number of nitrogens with one attached hydrogen (secondary N) is 1. The first-order chi connectivity index (χ1) is 15.9. The summed E-state index contributed by atoms with van der Waals surface area (Å²) < 4.78 is 29.0. The van der Waals surface area contributed by atoms with Gasteiger partial charge in [-0.3, -0.25) is 0 Å². The molecule has 0 aliphatic heterocycles. The Hall–Kier alpha value is -2.63. The summed E-state index contributed by atoms with van der Waals surface area (Å²) >= 11 is 0. The van der Waals surface area contributed by atoms with E-state index in [1.165, 1.54) is 0 Å². The molecule has 178 valence electrons. The molecular weight excluding hydrogens is 529 g/mol. The molecule has 0 aliphatic carbocycles. The molecule has 0 fully saturated rings. The summed E-state index contributed by atoms with van der Waals surface area (Å²) in [6, 6.07) is 35.1. The van der Waals surface area contributed by atoms with Gasteiger partial charge in [-0.2, -0.15) is 0 Å². The maximum Gasteiger partial charge on any atom is 0.241 e. The van der Waals surface area contributed by atoms with Crippen LogP contribution in [-0.4, -0.2) is 8.42 Å². The van der Waals surface area contributed by atoms with Crippen LogP contribution in [0.25, 0.3) is 0 Å². The van der Waals surface area contributed by atoms with Gasteiger partial charge in [0, 0.05) is 19.5 Å². The molecule has 0 radical (unpaired) electrons. The summed E-state index contributed by atoms with van der Waals surface area (Å²) in [7, 11) is -3.74. The van der Waals surface area contributed by atoms with Gasteiger partial charge in [0.2, 0.25) is 10.0 Å². The number of aryl methyl sites for hydroxylation is 2. The molecule has 3 N–H and O–H groups in total. The molecule has 0 heterocycles. The Morgan fingerprint density at radius 2 is 1.03 bits per heavy atom. The average molecular weight is 560 g/mol. The topological polar surface area (TPSA) is 72.2 Å². The van der Waals surface area contributed by atoms with E-state index in [1.807, 2.05) is 117 Å². The number of hydrogen-bond acceptors (Lipinski definition) is 3. The van der Waals surface area contributed by atoms with Crippen LogP contribution in [0.4, 0.5) is 0 Å². The molecule has 34 heavy (non-hydrogen) atoms. The second-order valence-electron chi connectivity index (χ2n) is 7.92. The summed E-state index contributed by atoms with van der Waals surface area (Å²) in [6.45, 7) is 3.77. The smallest absolute Gasteiger partial charge is 0.241 e. The Labute approximate surface area is 216 Å². The predicted molar refractivity (Wildman–Crippen MR) is 135 cm³/mol. The summed E-state index contributed by atoms with van der Waals surface area (Å²) in [4.78, 5) is 0.251. The summed E-state index contributed by atoms with van der Waals surface area (Å²) in [6.07, 6.45) is 0. The normalized spacial score (nSPS) is 12.4. The zero-order chi connectivity index (χ0) is 23.7. The van der Waals surface area contributed by atoms with Crippen LogP contribution < -0.4 is 10.5 Å². The number of hydrogen-bond donors (Lipinski definition) is 2. The first-order valence-corrected chi connectivity index (χ1v) is 12.3. The summed E-state index contributed by atoms with van der Waals surface area (Å²) in [5.74, 6) is 0. The molecular formula is C28H30N2O2RuS. The molecule has 0 amide bonds. The first kappa shape index (κ1) is 27.6. The Morgan fingerprint density at radius 1 is 0.647 bits per heavy atom.